The lowest BCUT2D eigenvalue weighted by Gasteiger charge is -2.28. The summed E-state index contributed by atoms with van der Waals surface area (Å²) in [5, 5.41) is 0.723. The predicted molar refractivity (Wildman–Crippen MR) is 106 cm³/mol. The van der Waals surface area contributed by atoms with E-state index in [9.17, 15) is 9.59 Å². The zero-order valence-electron chi connectivity index (χ0n) is 15.6. The molecule has 3 aromatic rings. The first-order chi connectivity index (χ1) is 13.5. The Balaban J connectivity index is 2.05. The summed E-state index contributed by atoms with van der Waals surface area (Å²) in [4.78, 5) is 28.6. The maximum Gasteiger partial charge on any atom is 0.340 e. The molecule has 0 aliphatic carbocycles. The second-order valence-electron chi connectivity index (χ2n) is 6.69. The van der Waals surface area contributed by atoms with Gasteiger partial charge in [-0.3, -0.25) is 4.79 Å². The average Bonchev–Trinajstić information content (AvgIpc) is 2.67. The van der Waals surface area contributed by atoms with E-state index in [2.05, 4.69) is 4.98 Å². The van der Waals surface area contributed by atoms with Crippen molar-refractivity contribution >= 4 is 16.9 Å². The van der Waals surface area contributed by atoms with Crippen molar-refractivity contribution in [2.24, 2.45) is 5.73 Å². The van der Waals surface area contributed by atoms with E-state index in [1.54, 1.807) is 13.0 Å². The number of benzene rings is 2. The minimum absolute atomic E-state index is 0.0480. The van der Waals surface area contributed by atoms with Crippen molar-refractivity contribution in [3.05, 3.63) is 87.0 Å². The highest BCUT2D eigenvalue weighted by atomic mass is 16.5. The smallest absolute Gasteiger partial charge is 0.340 e. The van der Waals surface area contributed by atoms with Crippen LogP contribution in [0.15, 0.2) is 64.8 Å². The van der Waals surface area contributed by atoms with Gasteiger partial charge in [0.15, 0.2) is 0 Å². The lowest BCUT2D eigenvalue weighted by Crippen LogP contribution is -2.32. The van der Waals surface area contributed by atoms with Crippen LogP contribution in [0, 0.1) is 6.92 Å². The van der Waals surface area contributed by atoms with Gasteiger partial charge in [0.25, 0.3) is 5.56 Å². The van der Waals surface area contributed by atoms with Crippen LogP contribution in [0.1, 0.15) is 29.5 Å². The molecule has 0 spiro atoms. The predicted octanol–water partition coefficient (Wildman–Crippen LogP) is 3.09. The van der Waals surface area contributed by atoms with Gasteiger partial charge in [-0.15, -0.1) is 0 Å². The fourth-order valence-corrected chi connectivity index (χ4v) is 3.66. The van der Waals surface area contributed by atoms with Crippen molar-refractivity contribution in [3.63, 3.8) is 0 Å². The van der Waals surface area contributed by atoms with Gasteiger partial charge in [0.1, 0.15) is 11.3 Å². The van der Waals surface area contributed by atoms with Crippen molar-refractivity contribution in [1.29, 1.82) is 0 Å². The van der Waals surface area contributed by atoms with Crippen molar-refractivity contribution in [2.45, 2.75) is 19.8 Å². The number of para-hydroxylation sites is 1. The molecular weight excluding hydrogens is 356 g/mol. The minimum atomic E-state index is -0.684. The molecule has 28 heavy (non-hydrogen) atoms. The van der Waals surface area contributed by atoms with Crippen LogP contribution in [0.25, 0.3) is 10.9 Å². The number of nitrogens with two attached hydrogens (primary N) is 1. The van der Waals surface area contributed by atoms with Crippen LogP contribution in [-0.4, -0.2) is 17.6 Å². The van der Waals surface area contributed by atoms with Gasteiger partial charge in [-0.1, -0.05) is 42.0 Å². The van der Waals surface area contributed by atoms with Gasteiger partial charge in [-0.25, -0.2) is 4.79 Å². The highest BCUT2D eigenvalue weighted by Gasteiger charge is 2.38. The molecule has 2 heterocycles. The number of hydrogen-bond donors (Lipinski definition) is 2. The third kappa shape index (κ3) is 2.83. The Morgan fingerprint density at radius 3 is 2.75 bits per heavy atom. The molecule has 0 amide bonds. The lowest BCUT2D eigenvalue weighted by molar-refractivity contribution is -0.139. The Bertz CT molecular complexity index is 1180. The Labute approximate surface area is 161 Å². The van der Waals surface area contributed by atoms with E-state index >= 15 is 0 Å². The van der Waals surface area contributed by atoms with Gasteiger partial charge in [-0.2, -0.15) is 0 Å². The Hall–Kier alpha value is -3.54. The van der Waals surface area contributed by atoms with Gasteiger partial charge < -0.3 is 20.2 Å². The number of carbonyl (C=O) groups excluding carboxylic acids is 1. The summed E-state index contributed by atoms with van der Waals surface area (Å²) in [6, 6.07) is 15.0. The van der Waals surface area contributed by atoms with Crippen molar-refractivity contribution in [1.82, 2.24) is 4.98 Å². The topological polar surface area (TPSA) is 94.4 Å². The first-order valence-electron chi connectivity index (χ1n) is 9.07. The summed E-state index contributed by atoms with van der Waals surface area (Å²) in [6.07, 6.45) is 0. The van der Waals surface area contributed by atoms with E-state index < -0.39 is 11.9 Å². The van der Waals surface area contributed by atoms with Crippen LogP contribution in [0.4, 0.5) is 0 Å². The SMILES string of the molecule is CCOC(=O)C1=C(N)Oc2c(c(=O)[nH]c3ccccc23)C1c1cccc(C)c1. The number of aryl methyl sites for hydroxylation is 1. The molecule has 0 fully saturated rings. The molecule has 3 N–H and O–H groups in total. The minimum Gasteiger partial charge on any atom is -0.462 e. The van der Waals surface area contributed by atoms with E-state index in [1.807, 2.05) is 49.4 Å². The van der Waals surface area contributed by atoms with Gasteiger partial charge in [0.05, 0.1) is 23.6 Å². The average molecular weight is 376 g/mol. The Morgan fingerprint density at radius 1 is 1.21 bits per heavy atom. The van der Waals surface area contributed by atoms with Crippen LogP contribution in [-0.2, 0) is 9.53 Å². The number of aromatic amines is 1. The quantitative estimate of drug-likeness (QED) is 0.685. The largest absolute Gasteiger partial charge is 0.462 e. The number of H-pyrrole nitrogens is 1. The van der Waals surface area contributed by atoms with Gasteiger partial charge in [0.2, 0.25) is 5.88 Å². The molecule has 1 aliphatic heterocycles. The molecule has 1 atom stereocenters. The lowest BCUT2D eigenvalue weighted by atomic mass is 9.82. The van der Waals surface area contributed by atoms with Crippen LogP contribution in [0.5, 0.6) is 5.75 Å². The zero-order chi connectivity index (χ0) is 19.8. The number of rotatable bonds is 3. The third-order valence-electron chi connectivity index (χ3n) is 4.83. The molecule has 1 aliphatic rings. The second-order valence-corrected chi connectivity index (χ2v) is 6.69. The van der Waals surface area contributed by atoms with E-state index in [4.69, 9.17) is 15.2 Å². The normalized spacial score (nSPS) is 15.9. The number of hydrogen-bond acceptors (Lipinski definition) is 5. The van der Waals surface area contributed by atoms with Crippen molar-refractivity contribution in [3.8, 4) is 5.75 Å². The standard InChI is InChI=1S/C22H20N2O4/c1-3-27-22(26)18-16(13-8-6-7-12(2)11-13)17-19(28-20(18)23)14-9-4-5-10-15(14)24-21(17)25/h4-11,16H,3,23H2,1-2H3,(H,24,25). The summed E-state index contributed by atoms with van der Waals surface area (Å²) in [5.74, 6) is -0.953. The molecule has 0 bridgehead atoms. The number of ether oxygens (including phenoxy) is 2. The molecule has 1 aromatic heterocycles. The van der Waals surface area contributed by atoms with Crippen LogP contribution < -0.4 is 16.0 Å². The summed E-state index contributed by atoms with van der Waals surface area (Å²) in [6.45, 7) is 3.86. The van der Waals surface area contributed by atoms with Crippen LogP contribution in [0.3, 0.4) is 0 Å². The molecule has 142 valence electrons. The maximum absolute atomic E-state index is 13.0. The Morgan fingerprint density at radius 2 is 2.00 bits per heavy atom. The number of nitrogens with one attached hydrogen (secondary N) is 1. The molecule has 6 nitrogen and oxygen atoms in total. The summed E-state index contributed by atoms with van der Waals surface area (Å²) in [7, 11) is 0. The second kappa shape index (κ2) is 6.88. The van der Waals surface area contributed by atoms with Gasteiger partial charge in [-0.05, 0) is 31.5 Å². The van der Waals surface area contributed by atoms with E-state index in [0.717, 1.165) is 16.5 Å². The number of aromatic nitrogens is 1. The fourth-order valence-electron chi connectivity index (χ4n) is 3.66. The monoisotopic (exact) mass is 376 g/mol. The molecule has 4 rings (SSSR count). The highest BCUT2D eigenvalue weighted by Crippen LogP contribution is 2.43. The molecule has 0 radical (unpaired) electrons. The Kier molecular flexibility index (Phi) is 4.39. The molecular formula is C22H20N2O4. The first-order valence-corrected chi connectivity index (χ1v) is 9.07. The van der Waals surface area contributed by atoms with E-state index in [1.165, 1.54) is 0 Å². The fraction of sp³-hybridized carbons (Fsp3) is 0.182. The number of pyridine rings is 1. The number of esters is 1. The molecule has 6 heteroatoms. The zero-order valence-corrected chi connectivity index (χ0v) is 15.6. The summed E-state index contributed by atoms with van der Waals surface area (Å²) in [5.41, 5.74) is 8.76. The molecule has 0 saturated heterocycles. The van der Waals surface area contributed by atoms with E-state index in [0.29, 0.717) is 16.8 Å². The van der Waals surface area contributed by atoms with E-state index in [-0.39, 0.29) is 23.6 Å². The highest BCUT2D eigenvalue weighted by molar-refractivity contribution is 5.95. The van der Waals surface area contributed by atoms with Crippen molar-refractivity contribution < 1.29 is 14.3 Å². The first kappa shape index (κ1) is 17.9. The van der Waals surface area contributed by atoms with Crippen LogP contribution >= 0.6 is 0 Å². The van der Waals surface area contributed by atoms with Gasteiger partial charge in [0, 0.05) is 5.39 Å². The molecule has 1 unspecified atom stereocenters. The molecule has 2 aromatic carbocycles. The van der Waals surface area contributed by atoms with Crippen LogP contribution in [0.2, 0.25) is 0 Å². The van der Waals surface area contributed by atoms with Gasteiger partial charge >= 0.3 is 5.97 Å². The maximum atomic E-state index is 13.0. The third-order valence-corrected chi connectivity index (χ3v) is 4.83. The summed E-state index contributed by atoms with van der Waals surface area (Å²) < 4.78 is 11.0. The number of carbonyl (C=O) groups is 1. The van der Waals surface area contributed by atoms with Crippen molar-refractivity contribution in [2.75, 3.05) is 6.61 Å². The summed E-state index contributed by atoms with van der Waals surface area (Å²) >= 11 is 0. The molecule has 0 saturated carbocycles. The number of fused-ring (bicyclic) bond motifs is 3.